The van der Waals surface area contributed by atoms with Crippen molar-refractivity contribution in [1.29, 1.82) is 0 Å². The number of thioether (sulfide) groups is 1. The molecule has 2 aromatic heterocycles. The van der Waals surface area contributed by atoms with Crippen molar-refractivity contribution >= 4 is 46.6 Å². The van der Waals surface area contributed by atoms with E-state index in [1.54, 1.807) is 30.5 Å². The summed E-state index contributed by atoms with van der Waals surface area (Å²) >= 11 is 13.2. The van der Waals surface area contributed by atoms with E-state index in [0.717, 1.165) is 5.69 Å². The van der Waals surface area contributed by atoms with E-state index in [4.69, 9.17) is 23.2 Å². The molecule has 0 saturated carbocycles. The van der Waals surface area contributed by atoms with Crippen LogP contribution in [0.2, 0.25) is 10.0 Å². The quantitative estimate of drug-likeness (QED) is 0.645. The molecule has 25 heavy (non-hydrogen) atoms. The van der Waals surface area contributed by atoms with Crippen LogP contribution in [0.25, 0.3) is 11.4 Å². The minimum Gasteiger partial charge on any atom is -0.324 e. The van der Waals surface area contributed by atoms with Crippen molar-refractivity contribution < 1.29 is 4.79 Å². The number of carbonyl (C=O) groups excluding carboxylic acids is 1. The van der Waals surface area contributed by atoms with E-state index in [0.29, 0.717) is 26.5 Å². The number of amides is 1. The van der Waals surface area contributed by atoms with E-state index in [-0.39, 0.29) is 11.7 Å². The molecule has 1 amide bonds. The van der Waals surface area contributed by atoms with Crippen LogP contribution in [-0.4, -0.2) is 26.8 Å². The molecular formula is C17H12Cl2N4OS. The maximum absolute atomic E-state index is 12.0. The number of hydrogen-bond acceptors (Lipinski definition) is 5. The van der Waals surface area contributed by atoms with Crippen LogP contribution < -0.4 is 5.32 Å². The molecule has 2 heterocycles. The number of aromatic nitrogens is 3. The third-order valence-electron chi connectivity index (χ3n) is 3.12. The average Bonchev–Trinajstić information content (AvgIpc) is 2.64. The molecule has 8 heteroatoms. The predicted octanol–water partition coefficient (Wildman–Crippen LogP) is 4.58. The fraction of sp³-hybridized carbons (Fsp3) is 0.0588. The van der Waals surface area contributed by atoms with E-state index in [1.807, 2.05) is 24.3 Å². The molecule has 0 aliphatic heterocycles. The van der Waals surface area contributed by atoms with Gasteiger partial charge in [-0.05, 0) is 42.5 Å². The number of benzene rings is 1. The Morgan fingerprint density at radius 2 is 1.92 bits per heavy atom. The van der Waals surface area contributed by atoms with Crippen molar-refractivity contribution in [2.24, 2.45) is 0 Å². The third-order valence-corrected chi connectivity index (χ3v) is 4.61. The first-order valence-corrected chi connectivity index (χ1v) is 8.99. The number of nitrogens with one attached hydrogen (secondary N) is 1. The van der Waals surface area contributed by atoms with Gasteiger partial charge in [0.25, 0.3) is 0 Å². The molecule has 0 fully saturated rings. The van der Waals surface area contributed by atoms with E-state index in [1.165, 1.54) is 11.8 Å². The average molecular weight is 391 g/mol. The maximum Gasteiger partial charge on any atom is 0.234 e. The molecule has 5 nitrogen and oxygen atoms in total. The van der Waals surface area contributed by atoms with E-state index in [9.17, 15) is 4.79 Å². The highest BCUT2D eigenvalue weighted by molar-refractivity contribution is 7.99. The number of nitrogens with zero attached hydrogens (tertiary/aromatic N) is 3. The van der Waals surface area contributed by atoms with Crippen molar-refractivity contribution in [2.45, 2.75) is 5.03 Å². The molecule has 3 rings (SSSR count). The van der Waals surface area contributed by atoms with Gasteiger partial charge in [0.15, 0.2) is 0 Å². The molecule has 0 radical (unpaired) electrons. The first-order chi connectivity index (χ1) is 12.1. The fourth-order valence-corrected chi connectivity index (χ4v) is 2.92. The number of halogens is 2. The largest absolute Gasteiger partial charge is 0.324 e. The Bertz CT molecular complexity index is 876. The second-order valence-electron chi connectivity index (χ2n) is 4.93. The van der Waals surface area contributed by atoms with Gasteiger partial charge < -0.3 is 5.32 Å². The summed E-state index contributed by atoms with van der Waals surface area (Å²) in [4.78, 5) is 16.3. The molecule has 126 valence electrons. The van der Waals surface area contributed by atoms with E-state index in [2.05, 4.69) is 20.5 Å². The van der Waals surface area contributed by atoms with Crippen LogP contribution in [0.3, 0.4) is 0 Å². The standard InChI is InChI=1S/C17H12Cl2N4OS/c18-11-4-5-12(19)15(9-11)21-16(24)10-25-17-7-6-14(22-23-17)13-3-1-2-8-20-13/h1-9H,10H2,(H,21,24). The molecular weight excluding hydrogens is 379 g/mol. The van der Waals surface area contributed by atoms with Crippen molar-refractivity contribution in [2.75, 3.05) is 11.1 Å². The van der Waals surface area contributed by atoms with E-state index < -0.39 is 0 Å². The van der Waals surface area contributed by atoms with E-state index >= 15 is 0 Å². The fourth-order valence-electron chi connectivity index (χ4n) is 1.97. The van der Waals surface area contributed by atoms with Crippen molar-refractivity contribution in [3.63, 3.8) is 0 Å². The van der Waals surface area contributed by atoms with Crippen LogP contribution in [-0.2, 0) is 4.79 Å². The van der Waals surface area contributed by atoms with Crippen molar-refractivity contribution in [3.05, 3.63) is 64.8 Å². The molecule has 0 aliphatic carbocycles. The summed E-state index contributed by atoms with van der Waals surface area (Å²) in [6, 6.07) is 14.1. The highest BCUT2D eigenvalue weighted by Gasteiger charge is 2.09. The Morgan fingerprint density at radius 3 is 2.64 bits per heavy atom. The Hall–Kier alpha value is -2.15. The Kier molecular flexibility index (Phi) is 5.86. The Balaban J connectivity index is 1.58. The molecule has 1 aromatic carbocycles. The number of anilines is 1. The lowest BCUT2D eigenvalue weighted by Crippen LogP contribution is -2.14. The van der Waals surface area contributed by atoms with Gasteiger partial charge in [-0.2, -0.15) is 0 Å². The van der Waals surface area contributed by atoms with Crippen LogP contribution >= 0.6 is 35.0 Å². The summed E-state index contributed by atoms with van der Waals surface area (Å²) < 4.78 is 0. The van der Waals surface area contributed by atoms with Gasteiger partial charge in [-0.1, -0.05) is 41.0 Å². The molecule has 0 unspecified atom stereocenters. The third kappa shape index (κ3) is 4.92. The zero-order valence-electron chi connectivity index (χ0n) is 12.8. The van der Waals surface area contributed by atoms with Crippen LogP contribution in [0, 0.1) is 0 Å². The SMILES string of the molecule is O=C(CSc1ccc(-c2ccccn2)nn1)Nc1cc(Cl)ccc1Cl. The Labute approximate surface area is 158 Å². The van der Waals surface area contributed by atoms with Gasteiger partial charge in [0.2, 0.25) is 5.91 Å². The van der Waals surface area contributed by atoms with Gasteiger partial charge >= 0.3 is 0 Å². The number of carbonyl (C=O) groups is 1. The lowest BCUT2D eigenvalue weighted by atomic mass is 10.2. The summed E-state index contributed by atoms with van der Waals surface area (Å²) in [6.45, 7) is 0. The second-order valence-corrected chi connectivity index (χ2v) is 6.77. The van der Waals surface area contributed by atoms with Crippen molar-refractivity contribution in [1.82, 2.24) is 15.2 Å². The first kappa shape index (κ1) is 17.7. The minimum absolute atomic E-state index is 0.181. The summed E-state index contributed by atoms with van der Waals surface area (Å²) in [5, 5.41) is 12.5. The zero-order valence-corrected chi connectivity index (χ0v) is 15.1. The van der Waals surface area contributed by atoms with Gasteiger partial charge in [0, 0.05) is 11.2 Å². The minimum atomic E-state index is -0.204. The summed E-state index contributed by atoms with van der Waals surface area (Å²) in [5.74, 6) is -0.0229. The molecule has 3 aromatic rings. The van der Waals surface area contributed by atoms with Crippen LogP contribution in [0.15, 0.2) is 59.8 Å². The van der Waals surface area contributed by atoms with Gasteiger partial charge in [-0.15, -0.1) is 10.2 Å². The van der Waals surface area contributed by atoms with Gasteiger partial charge in [0.05, 0.1) is 22.2 Å². The molecule has 0 saturated heterocycles. The predicted molar refractivity (Wildman–Crippen MR) is 101 cm³/mol. The summed E-state index contributed by atoms with van der Waals surface area (Å²) in [7, 11) is 0. The smallest absolute Gasteiger partial charge is 0.234 e. The Morgan fingerprint density at radius 1 is 1.04 bits per heavy atom. The number of pyridine rings is 1. The topological polar surface area (TPSA) is 67.8 Å². The monoisotopic (exact) mass is 390 g/mol. The lowest BCUT2D eigenvalue weighted by Gasteiger charge is -2.07. The first-order valence-electron chi connectivity index (χ1n) is 7.24. The normalized spacial score (nSPS) is 10.5. The molecule has 0 spiro atoms. The van der Waals surface area contributed by atoms with Crippen LogP contribution in [0.5, 0.6) is 0 Å². The van der Waals surface area contributed by atoms with Gasteiger partial charge in [-0.25, -0.2) is 0 Å². The van der Waals surface area contributed by atoms with Crippen LogP contribution in [0.1, 0.15) is 0 Å². The van der Waals surface area contributed by atoms with Gasteiger partial charge in [-0.3, -0.25) is 9.78 Å². The van der Waals surface area contributed by atoms with Gasteiger partial charge in [0.1, 0.15) is 10.7 Å². The number of rotatable bonds is 5. The molecule has 1 N–H and O–H groups in total. The number of hydrogen-bond donors (Lipinski definition) is 1. The summed E-state index contributed by atoms with van der Waals surface area (Å²) in [5.41, 5.74) is 1.91. The van der Waals surface area contributed by atoms with Crippen LogP contribution in [0.4, 0.5) is 5.69 Å². The lowest BCUT2D eigenvalue weighted by molar-refractivity contribution is -0.113. The molecule has 0 bridgehead atoms. The molecule has 0 atom stereocenters. The zero-order chi connectivity index (χ0) is 17.6. The maximum atomic E-state index is 12.0. The van der Waals surface area contributed by atoms with Crippen molar-refractivity contribution in [3.8, 4) is 11.4 Å². The highest BCUT2D eigenvalue weighted by atomic mass is 35.5. The second kappa shape index (κ2) is 8.29. The molecule has 0 aliphatic rings. The highest BCUT2D eigenvalue weighted by Crippen LogP contribution is 2.26. The summed E-state index contributed by atoms with van der Waals surface area (Å²) in [6.07, 6.45) is 1.70.